The predicted molar refractivity (Wildman–Crippen MR) is 178 cm³/mol. The molecule has 0 atom stereocenters. The molecule has 206 valence electrons. The van der Waals surface area contributed by atoms with Crippen molar-refractivity contribution in [2.75, 3.05) is 57.0 Å². The Bertz CT molecular complexity index is 1370. The molecule has 1 aliphatic rings. The van der Waals surface area contributed by atoms with Crippen LogP contribution in [0.4, 0.5) is 17.1 Å². The van der Waals surface area contributed by atoms with E-state index >= 15 is 0 Å². The highest BCUT2D eigenvalue weighted by molar-refractivity contribution is 5.85. The lowest BCUT2D eigenvalue weighted by atomic mass is 9.85. The maximum Gasteiger partial charge on any atom is 0.0361 e. The molecule has 0 radical (unpaired) electrons. The third-order valence-electron chi connectivity index (χ3n) is 7.31. The second-order valence-corrected chi connectivity index (χ2v) is 11.6. The smallest absolute Gasteiger partial charge is 0.0361 e. The van der Waals surface area contributed by atoms with Gasteiger partial charge in [0.1, 0.15) is 0 Å². The molecular weight excluding hydrogens is 486 g/mol. The van der Waals surface area contributed by atoms with Crippen molar-refractivity contribution in [2.24, 2.45) is 5.41 Å². The van der Waals surface area contributed by atoms with Gasteiger partial charge in [-0.1, -0.05) is 92.8 Å². The molecule has 0 saturated carbocycles. The molecule has 0 aromatic heterocycles. The Hall–Kier alpha value is -4.24. The molecule has 3 nitrogen and oxygen atoms in total. The zero-order chi connectivity index (χ0) is 28.9. The number of rotatable bonds is 8. The lowest BCUT2D eigenvalue weighted by molar-refractivity contribution is 0.621. The molecule has 0 bridgehead atoms. The number of hydrogen-bond acceptors (Lipinski definition) is 3. The van der Waals surface area contributed by atoms with Gasteiger partial charge in [0.15, 0.2) is 0 Å². The minimum atomic E-state index is 0.0671. The summed E-state index contributed by atoms with van der Waals surface area (Å²) in [7, 11) is 12.4. The maximum absolute atomic E-state index is 2.28. The summed E-state index contributed by atoms with van der Waals surface area (Å²) in [5.74, 6) is 0. The number of allylic oxidation sites excluding steroid dienone is 9. The van der Waals surface area contributed by atoms with Crippen molar-refractivity contribution < 1.29 is 0 Å². The lowest BCUT2D eigenvalue weighted by Crippen LogP contribution is -2.08. The van der Waals surface area contributed by atoms with E-state index in [2.05, 4.69) is 186 Å². The molecule has 40 heavy (non-hydrogen) atoms. The minimum Gasteiger partial charge on any atom is -0.378 e. The van der Waals surface area contributed by atoms with E-state index in [1.807, 2.05) is 0 Å². The van der Waals surface area contributed by atoms with Crippen LogP contribution < -0.4 is 14.7 Å². The Morgan fingerprint density at radius 1 is 0.550 bits per heavy atom. The Morgan fingerprint density at radius 2 is 0.925 bits per heavy atom. The van der Waals surface area contributed by atoms with Crippen molar-refractivity contribution in [3.8, 4) is 0 Å². The van der Waals surface area contributed by atoms with E-state index in [0.29, 0.717) is 0 Å². The summed E-state index contributed by atoms with van der Waals surface area (Å²) >= 11 is 0. The van der Waals surface area contributed by atoms with Crippen LogP contribution in [-0.2, 0) is 0 Å². The van der Waals surface area contributed by atoms with Gasteiger partial charge in [0, 0.05) is 64.8 Å². The normalized spacial score (nSPS) is 13.8. The van der Waals surface area contributed by atoms with Gasteiger partial charge in [-0.2, -0.15) is 0 Å². The third-order valence-corrected chi connectivity index (χ3v) is 7.31. The van der Waals surface area contributed by atoms with Gasteiger partial charge in [-0.15, -0.1) is 0 Å². The highest BCUT2D eigenvalue weighted by atomic mass is 15.1. The van der Waals surface area contributed by atoms with Gasteiger partial charge in [-0.3, -0.25) is 0 Å². The van der Waals surface area contributed by atoms with Crippen LogP contribution in [0.25, 0.3) is 11.1 Å². The van der Waals surface area contributed by atoms with Crippen LogP contribution in [-0.4, -0.2) is 42.3 Å². The van der Waals surface area contributed by atoms with Crippen LogP contribution >= 0.6 is 0 Å². The standard InChI is InChI=1S/C37H43N3/c1-37(2)26-24-31(25-27-37)36(30-16-22-34(23-17-30)40(7)8)11-9-10-35(28-12-18-32(19-13-28)38(3)4)29-14-20-33(21-15-29)39(5)6/h9-27H,1-8H3. The van der Waals surface area contributed by atoms with Crippen molar-refractivity contribution in [2.45, 2.75) is 13.8 Å². The van der Waals surface area contributed by atoms with Crippen molar-refractivity contribution in [1.29, 1.82) is 0 Å². The highest BCUT2D eigenvalue weighted by Gasteiger charge is 2.14. The maximum atomic E-state index is 2.28. The number of benzene rings is 3. The van der Waals surface area contributed by atoms with E-state index in [1.165, 1.54) is 50.5 Å². The fourth-order valence-corrected chi connectivity index (χ4v) is 4.68. The van der Waals surface area contributed by atoms with Gasteiger partial charge in [-0.25, -0.2) is 0 Å². The first-order valence-electron chi connectivity index (χ1n) is 13.9. The monoisotopic (exact) mass is 529 g/mol. The molecule has 0 N–H and O–H groups in total. The molecule has 0 amide bonds. The zero-order valence-corrected chi connectivity index (χ0v) is 25.3. The first-order chi connectivity index (χ1) is 19.0. The third kappa shape index (κ3) is 7.04. The van der Waals surface area contributed by atoms with Crippen molar-refractivity contribution in [1.82, 2.24) is 0 Å². The van der Waals surface area contributed by atoms with Crippen molar-refractivity contribution >= 4 is 28.2 Å². The van der Waals surface area contributed by atoms with E-state index in [0.717, 1.165) is 0 Å². The zero-order valence-electron chi connectivity index (χ0n) is 25.3. The molecule has 0 heterocycles. The quantitative estimate of drug-likeness (QED) is 0.271. The number of nitrogens with zero attached hydrogens (tertiary/aromatic N) is 3. The van der Waals surface area contributed by atoms with Crippen molar-refractivity contribution in [3.05, 3.63) is 138 Å². The molecular formula is C37H43N3. The lowest BCUT2D eigenvalue weighted by Gasteiger charge is -2.20. The van der Waals surface area contributed by atoms with Crippen LogP contribution in [0.3, 0.4) is 0 Å². The summed E-state index contributed by atoms with van der Waals surface area (Å²) in [6.07, 6.45) is 15.8. The highest BCUT2D eigenvalue weighted by Crippen LogP contribution is 2.32. The van der Waals surface area contributed by atoms with Crippen LogP contribution in [0, 0.1) is 5.41 Å². The van der Waals surface area contributed by atoms with E-state index in [-0.39, 0.29) is 5.41 Å². The van der Waals surface area contributed by atoms with E-state index in [9.17, 15) is 0 Å². The van der Waals surface area contributed by atoms with Gasteiger partial charge in [-0.05, 0) is 69.8 Å². The summed E-state index contributed by atoms with van der Waals surface area (Å²) in [5.41, 5.74) is 10.8. The summed E-state index contributed by atoms with van der Waals surface area (Å²) < 4.78 is 0. The summed E-state index contributed by atoms with van der Waals surface area (Å²) in [6, 6.07) is 26.4. The molecule has 0 saturated heterocycles. The second-order valence-electron chi connectivity index (χ2n) is 11.6. The van der Waals surface area contributed by atoms with E-state index < -0.39 is 0 Å². The Balaban J connectivity index is 1.79. The number of anilines is 3. The number of hydrogen-bond donors (Lipinski definition) is 0. The fourth-order valence-electron chi connectivity index (χ4n) is 4.68. The van der Waals surface area contributed by atoms with Gasteiger partial charge < -0.3 is 14.7 Å². The Labute approximate surface area is 241 Å². The minimum absolute atomic E-state index is 0.0671. The first kappa shape index (κ1) is 28.8. The second kappa shape index (κ2) is 12.3. The topological polar surface area (TPSA) is 9.72 Å². The van der Waals surface area contributed by atoms with Gasteiger partial charge >= 0.3 is 0 Å². The van der Waals surface area contributed by atoms with Crippen molar-refractivity contribution in [3.63, 3.8) is 0 Å². The molecule has 0 fully saturated rings. The average Bonchev–Trinajstić information content (AvgIpc) is 2.94. The average molecular weight is 530 g/mol. The summed E-state index contributed by atoms with van der Waals surface area (Å²) in [5, 5.41) is 0. The molecule has 0 spiro atoms. The predicted octanol–water partition coefficient (Wildman–Crippen LogP) is 8.48. The summed E-state index contributed by atoms with van der Waals surface area (Å²) in [4.78, 5) is 6.39. The first-order valence-corrected chi connectivity index (χ1v) is 13.9. The Morgan fingerprint density at radius 3 is 1.30 bits per heavy atom. The molecule has 4 rings (SSSR count). The van der Waals surface area contributed by atoms with Crippen LogP contribution in [0.5, 0.6) is 0 Å². The van der Waals surface area contributed by atoms with Gasteiger partial charge in [0.25, 0.3) is 0 Å². The molecule has 1 aliphatic carbocycles. The van der Waals surface area contributed by atoms with Crippen LogP contribution in [0.2, 0.25) is 0 Å². The molecule has 3 aromatic rings. The van der Waals surface area contributed by atoms with E-state index in [4.69, 9.17) is 0 Å². The summed E-state index contributed by atoms with van der Waals surface area (Å²) in [6.45, 7) is 4.46. The molecule has 0 aliphatic heterocycles. The molecule has 3 heteroatoms. The molecule has 0 unspecified atom stereocenters. The largest absolute Gasteiger partial charge is 0.378 e. The SMILES string of the molecule is CN(C)c1ccc(C(=CC=CC(=C2C=CC(C)(C)C=C2)c2ccc(N(C)C)cc2)c2ccc(N(C)C)cc2)cc1. The Kier molecular flexibility index (Phi) is 8.84. The van der Waals surface area contributed by atoms with Gasteiger partial charge in [0.05, 0.1) is 0 Å². The van der Waals surface area contributed by atoms with Crippen LogP contribution in [0.1, 0.15) is 30.5 Å². The molecule has 3 aromatic carbocycles. The van der Waals surface area contributed by atoms with Gasteiger partial charge in [0.2, 0.25) is 0 Å². The van der Waals surface area contributed by atoms with Crippen LogP contribution in [0.15, 0.2) is 121 Å². The van der Waals surface area contributed by atoms with E-state index in [1.54, 1.807) is 0 Å². The fraction of sp³-hybridized carbons (Fsp3) is 0.243.